The van der Waals surface area contributed by atoms with E-state index in [9.17, 15) is 18.4 Å². The molecule has 0 spiro atoms. The topological polar surface area (TPSA) is 72.8 Å². The summed E-state index contributed by atoms with van der Waals surface area (Å²) in [5, 5.41) is 8.39. The standard InChI is InChI=1S/C12H10F2O5/c1-18-10-6-7(8(15)3-5-11(16)17)2-4-9(10)19-12(13)14/h2-6,12H,1H3,(H,16,17)/b5-3+. The number of allylic oxidation sites excluding steroid dienone is 1. The van der Waals surface area contributed by atoms with Gasteiger partial charge in [-0.3, -0.25) is 4.79 Å². The van der Waals surface area contributed by atoms with Gasteiger partial charge in [0, 0.05) is 11.6 Å². The molecule has 0 heterocycles. The molecule has 19 heavy (non-hydrogen) atoms. The molecule has 1 aromatic carbocycles. The Bertz CT molecular complexity index is 511. The van der Waals surface area contributed by atoms with E-state index in [1.54, 1.807) is 0 Å². The highest BCUT2D eigenvalue weighted by Gasteiger charge is 2.13. The minimum absolute atomic E-state index is 0.0464. The molecule has 1 aromatic rings. The van der Waals surface area contributed by atoms with Crippen LogP contribution in [-0.2, 0) is 4.79 Å². The average Bonchev–Trinajstić information content (AvgIpc) is 2.35. The van der Waals surface area contributed by atoms with Gasteiger partial charge in [0.25, 0.3) is 0 Å². The third-order valence-corrected chi connectivity index (χ3v) is 2.04. The van der Waals surface area contributed by atoms with Crippen molar-refractivity contribution in [2.45, 2.75) is 6.61 Å². The number of carboxylic acid groups (broad SMARTS) is 1. The molecule has 7 heteroatoms. The first kappa shape index (κ1) is 14.6. The fraction of sp³-hybridized carbons (Fsp3) is 0.167. The summed E-state index contributed by atoms with van der Waals surface area (Å²) >= 11 is 0. The van der Waals surface area contributed by atoms with E-state index in [1.807, 2.05) is 0 Å². The molecule has 0 fully saturated rings. The number of benzene rings is 1. The predicted molar refractivity (Wildman–Crippen MR) is 60.7 cm³/mol. The zero-order valence-corrected chi connectivity index (χ0v) is 9.80. The lowest BCUT2D eigenvalue weighted by atomic mass is 10.1. The van der Waals surface area contributed by atoms with Crippen molar-refractivity contribution in [2.75, 3.05) is 7.11 Å². The van der Waals surface area contributed by atoms with Gasteiger partial charge in [0.2, 0.25) is 0 Å². The van der Waals surface area contributed by atoms with Gasteiger partial charge < -0.3 is 14.6 Å². The second-order valence-corrected chi connectivity index (χ2v) is 3.28. The van der Waals surface area contributed by atoms with Crippen LogP contribution in [0.1, 0.15) is 10.4 Å². The largest absolute Gasteiger partial charge is 0.493 e. The molecule has 0 atom stereocenters. The summed E-state index contributed by atoms with van der Waals surface area (Å²) in [6.45, 7) is -3.01. The molecule has 0 aliphatic rings. The lowest BCUT2D eigenvalue weighted by molar-refractivity contribution is -0.131. The lowest BCUT2D eigenvalue weighted by Gasteiger charge is -2.10. The molecule has 0 saturated carbocycles. The molecular formula is C12H10F2O5. The van der Waals surface area contributed by atoms with E-state index in [0.29, 0.717) is 6.08 Å². The van der Waals surface area contributed by atoms with Gasteiger partial charge in [-0.1, -0.05) is 0 Å². The highest BCUT2D eigenvalue weighted by atomic mass is 19.3. The van der Waals surface area contributed by atoms with Gasteiger partial charge in [-0.2, -0.15) is 8.78 Å². The third kappa shape index (κ3) is 4.38. The van der Waals surface area contributed by atoms with E-state index in [0.717, 1.165) is 12.1 Å². The van der Waals surface area contributed by atoms with Crippen molar-refractivity contribution in [3.05, 3.63) is 35.9 Å². The van der Waals surface area contributed by atoms with E-state index >= 15 is 0 Å². The average molecular weight is 272 g/mol. The van der Waals surface area contributed by atoms with Gasteiger partial charge in [0.05, 0.1) is 7.11 Å². The van der Waals surface area contributed by atoms with Crippen LogP contribution < -0.4 is 9.47 Å². The summed E-state index contributed by atoms with van der Waals surface area (Å²) in [6.07, 6.45) is 1.53. The van der Waals surface area contributed by atoms with Crippen molar-refractivity contribution in [1.82, 2.24) is 0 Å². The van der Waals surface area contributed by atoms with Crippen LogP contribution in [0.4, 0.5) is 8.78 Å². The minimum atomic E-state index is -3.01. The number of carbonyl (C=O) groups is 2. The van der Waals surface area contributed by atoms with Crippen molar-refractivity contribution in [3.8, 4) is 11.5 Å². The highest BCUT2D eigenvalue weighted by molar-refractivity contribution is 6.07. The summed E-state index contributed by atoms with van der Waals surface area (Å²) < 4.78 is 33.2. The summed E-state index contributed by atoms with van der Waals surface area (Å²) in [7, 11) is 1.23. The van der Waals surface area contributed by atoms with E-state index in [4.69, 9.17) is 9.84 Å². The first-order valence-electron chi connectivity index (χ1n) is 5.02. The zero-order valence-electron chi connectivity index (χ0n) is 9.80. The maximum atomic E-state index is 12.1. The number of alkyl halides is 2. The quantitative estimate of drug-likeness (QED) is 0.634. The minimum Gasteiger partial charge on any atom is -0.493 e. The van der Waals surface area contributed by atoms with Crippen molar-refractivity contribution in [3.63, 3.8) is 0 Å². The van der Waals surface area contributed by atoms with Crippen LogP contribution in [0.2, 0.25) is 0 Å². The molecule has 0 aliphatic carbocycles. The van der Waals surface area contributed by atoms with Gasteiger partial charge in [0.15, 0.2) is 17.3 Å². The second kappa shape index (κ2) is 6.48. The van der Waals surface area contributed by atoms with Crippen molar-refractivity contribution in [2.24, 2.45) is 0 Å². The summed E-state index contributed by atoms with van der Waals surface area (Å²) in [6, 6.07) is 3.56. The number of ether oxygens (including phenoxy) is 2. The fourth-order valence-corrected chi connectivity index (χ4v) is 1.26. The predicted octanol–water partition coefficient (Wildman–Crippen LogP) is 2.12. The Labute approximate surface area is 107 Å². The molecule has 0 aromatic heterocycles. The molecule has 0 radical (unpaired) electrons. The van der Waals surface area contributed by atoms with Gasteiger partial charge >= 0.3 is 12.6 Å². The van der Waals surface area contributed by atoms with E-state index in [-0.39, 0.29) is 17.1 Å². The van der Waals surface area contributed by atoms with Crippen LogP contribution in [-0.4, -0.2) is 30.6 Å². The molecule has 0 aliphatic heterocycles. The van der Waals surface area contributed by atoms with Gasteiger partial charge in [-0.05, 0) is 24.3 Å². The molecule has 1 rings (SSSR count). The molecule has 0 unspecified atom stereocenters. The molecule has 0 saturated heterocycles. The summed E-state index contributed by atoms with van der Waals surface area (Å²) in [4.78, 5) is 21.8. The van der Waals surface area contributed by atoms with Crippen molar-refractivity contribution < 1.29 is 33.0 Å². The van der Waals surface area contributed by atoms with Crippen LogP contribution in [0.15, 0.2) is 30.4 Å². The molecular weight excluding hydrogens is 262 g/mol. The van der Waals surface area contributed by atoms with Gasteiger partial charge in [0.1, 0.15) is 0 Å². The second-order valence-electron chi connectivity index (χ2n) is 3.28. The van der Waals surface area contributed by atoms with Crippen LogP contribution in [0.3, 0.4) is 0 Å². The Morgan fingerprint density at radius 2 is 1.95 bits per heavy atom. The van der Waals surface area contributed by atoms with E-state index in [1.165, 1.54) is 19.2 Å². The SMILES string of the molecule is COc1cc(C(=O)/C=C/C(=O)O)ccc1OC(F)F. The number of carboxylic acids is 1. The molecule has 1 N–H and O–H groups in total. The van der Waals surface area contributed by atoms with Gasteiger partial charge in [-0.15, -0.1) is 0 Å². The molecule has 0 amide bonds. The van der Waals surface area contributed by atoms with Crippen molar-refractivity contribution in [1.29, 1.82) is 0 Å². The van der Waals surface area contributed by atoms with Crippen molar-refractivity contribution >= 4 is 11.8 Å². The normalized spacial score (nSPS) is 10.7. The maximum Gasteiger partial charge on any atom is 0.387 e. The Balaban J connectivity index is 2.99. The van der Waals surface area contributed by atoms with E-state index < -0.39 is 18.4 Å². The highest BCUT2D eigenvalue weighted by Crippen LogP contribution is 2.29. The van der Waals surface area contributed by atoms with Crippen LogP contribution in [0, 0.1) is 0 Å². The number of methoxy groups -OCH3 is 1. The first-order valence-corrected chi connectivity index (χ1v) is 5.02. The fourth-order valence-electron chi connectivity index (χ4n) is 1.26. The van der Waals surface area contributed by atoms with E-state index in [2.05, 4.69) is 4.74 Å². The smallest absolute Gasteiger partial charge is 0.387 e. The monoisotopic (exact) mass is 272 g/mol. The lowest BCUT2D eigenvalue weighted by Crippen LogP contribution is -2.04. The van der Waals surface area contributed by atoms with Gasteiger partial charge in [-0.25, -0.2) is 4.79 Å². The Morgan fingerprint density at radius 3 is 2.47 bits per heavy atom. The number of halogens is 2. The number of hydrogen-bond donors (Lipinski definition) is 1. The maximum absolute atomic E-state index is 12.1. The third-order valence-electron chi connectivity index (χ3n) is 2.04. The number of rotatable bonds is 6. The summed E-state index contributed by atoms with van der Waals surface area (Å²) in [5.41, 5.74) is 0.0935. The first-order chi connectivity index (χ1) is 8.93. The van der Waals surface area contributed by atoms with Crippen LogP contribution in [0.25, 0.3) is 0 Å². The van der Waals surface area contributed by atoms with Crippen LogP contribution >= 0.6 is 0 Å². The Morgan fingerprint density at radius 1 is 1.26 bits per heavy atom. The van der Waals surface area contributed by atoms with Crippen LogP contribution in [0.5, 0.6) is 11.5 Å². The number of hydrogen-bond acceptors (Lipinski definition) is 4. The number of aliphatic carboxylic acids is 1. The Kier molecular flexibility index (Phi) is 4.99. The summed E-state index contributed by atoms with van der Waals surface area (Å²) in [5.74, 6) is -2.12. The Hall–Kier alpha value is -2.44. The molecule has 102 valence electrons. The molecule has 5 nitrogen and oxygen atoms in total. The number of carbonyl (C=O) groups excluding carboxylic acids is 1. The zero-order chi connectivity index (χ0) is 14.4. The number of ketones is 1. The molecule has 0 bridgehead atoms.